The summed E-state index contributed by atoms with van der Waals surface area (Å²) in [7, 11) is 4.15. The SMILES string of the molecule is CC(C)Cc1nc2sc3c(NCCN(C)C)ncnc3c2c2c1COC(C)(C)C2. The maximum absolute atomic E-state index is 6.16. The van der Waals surface area contributed by atoms with E-state index in [-0.39, 0.29) is 5.60 Å². The summed E-state index contributed by atoms with van der Waals surface area (Å²) in [4.78, 5) is 17.5. The summed E-state index contributed by atoms with van der Waals surface area (Å²) >= 11 is 1.71. The van der Waals surface area contributed by atoms with Gasteiger partial charge in [-0.2, -0.15) is 0 Å². The molecule has 0 saturated carbocycles. The number of aromatic nitrogens is 3. The quantitative estimate of drug-likeness (QED) is 0.651. The molecule has 0 saturated heterocycles. The third kappa shape index (κ3) is 4.09. The number of hydrogen-bond donors (Lipinski definition) is 1. The Kier molecular flexibility index (Phi) is 5.48. The molecule has 1 aliphatic heterocycles. The molecular weight excluding hydrogens is 382 g/mol. The molecule has 1 aliphatic rings. The Balaban J connectivity index is 1.89. The van der Waals surface area contributed by atoms with E-state index in [0.717, 1.165) is 46.8 Å². The van der Waals surface area contributed by atoms with Crippen LogP contribution in [0.4, 0.5) is 5.82 Å². The summed E-state index contributed by atoms with van der Waals surface area (Å²) in [5.41, 5.74) is 4.66. The Bertz CT molecular complexity index is 1040. The average Bonchev–Trinajstić information content (AvgIpc) is 2.99. The third-order valence-corrected chi connectivity index (χ3v) is 6.45. The molecule has 7 heteroatoms. The lowest BCUT2D eigenvalue weighted by atomic mass is 9.88. The number of fused-ring (bicyclic) bond motifs is 5. The van der Waals surface area contributed by atoms with Crippen LogP contribution < -0.4 is 5.32 Å². The number of hydrogen-bond acceptors (Lipinski definition) is 7. The summed E-state index contributed by atoms with van der Waals surface area (Å²) < 4.78 is 7.26. The smallest absolute Gasteiger partial charge is 0.147 e. The highest BCUT2D eigenvalue weighted by atomic mass is 32.1. The molecule has 3 aromatic rings. The average molecular weight is 414 g/mol. The largest absolute Gasteiger partial charge is 0.370 e. The van der Waals surface area contributed by atoms with Gasteiger partial charge in [0, 0.05) is 36.2 Å². The molecule has 3 aromatic heterocycles. The Hall–Kier alpha value is -1.83. The number of anilines is 1. The molecule has 0 fully saturated rings. The number of nitrogens with one attached hydrogen (secondary N) is 1. The van der Waals surface area contributed by atoms with E-state index in [1.807, 2.05) is 0 Å². The van der Waals surface area contributed by atoms with Crippen LogP contribution in [0.15, 0.2) is 6.33 Å². The van der Waals surface area contributed by atoms with Gasteiger partial charge in [-0.25, -0.2) is 15.0 Å². The lowest BCUT2D eigenvalue weighted by molar-refractivity contribution is -0.0402. The van der Waals surface area contributed by atoms with E-state index in [1.54, 1.807) is 17.7 Å². The molecule has 6 nitrogen and oxygen atoms in total. The number of nitrogens with zero attached hydrogens (tertiary/aromatic N) is 4. The number of rotatable bonds is 6. The van der Waals surface area contributed by atoms with Crippen molar-refractivity contribution in [2.24, 2.45) is 5.92 Å². The van der Waals surface area contributed by atoms with Crippen LogP contribution in [-0.2, 0) is 24.2 Å². The lowest BCUT2D eigenvalue weighted by Gasteiger charge is -2.33. The minimum Gasteiger partial charge on any atom is -0.370 e. The van der Waals surface area contributed by atoms with Crippen molar-refractivity contribution >= 4 is 37.6 Å². The first-order valence-corrected chi connectivity index (χ1v) is 11.2. The number of likely N-dealkylation sites (N-methyl/N-ethyl adjacent to an activating group) is 1. The van der Waals surface area contributed by atoms with E-state index in [4.69, 9.17) is 9.72 Å². The van der Waals surface area contributed by atoms with Crippen molar-refractivity contribution in [1.82, 2.24) is 19.9 Å². The van der Waals surface area contributed by atoms with Crippen molar-refractivity contribution in [2.45, 2.75) is 52.7 Å². The fourth-order valence-electron chi connectivity index (χ4n) is 3.95. The van der Waals surface area contributed by atoms with Gasteiger partial charge in [0.2, 0.25) is 0 Å². The fourth-order valence-corrected chi connectivity index (χ4v) is 5.10. The first kappa shape index (κ1) is 20.4. The summed E-state index contributed by atoms with van der Waals surface area (Å²) in [6.07, 6.45) is 3.52. The minimum absolute atomic E-state index is 0.176. The zero-order chi connectivity index (χ0) is 20.8. The molecule has 0 radical (unpaired) electrons. The summed E-state index contributed by atoms with van der Waals surface area (Å²) in [5.74, 6) is 1.46. The first-order valence-electron chi connectivity index (χ1n) is 10.4. The normalized spacial score (nSPS) is 16.1. The number of pyridine rings is 1. The van der Waals surface area contributed by atoms with Gasteiger partial charge in [-0.05, 0) is 45.8 Å². The molecule has 4 rings (SSSR count). The van der Waals surface area contributed by atoms with Gasteiger partial charge in [0.15, 0.2) is 0 Å². The fraction of sp³-hybridized carbons (Fsp3) is 0.591. The zero-order valence-corrected chi connectivity index (χ0v) is 19.1. The van der Waals surface area contributed by atoms with Crippen molar-refractivity contribution < 1.29 is 4.74 Å². The predicted octanol–water partition coefficient (Wildman–Crippen LogP) is 4.26. The van der Waals surface area contributed by atoms with Gasteiger partial charge in [-0.15, -0.1) is 11.3 Å². The van der Waals surface area contributed by atoms with Gasteiger partial charge in [0.05, 0.1) is 22.4 Å². The predicted molar refractivity (Wildman–Crippen MR) is 121 cm³/mol. The van der Waals surface area contributed by atoms with Crippen LogP contribution in [0, 0.1) is 5.92 Å². The van der Waals surface area contributed by atoms with Gasteiger partial charge in [0.1, 0.15) is 17.0 Å². The molecule has 29 heavy (non-hydrogen) atoms. The van der Waals surface area contributed by atoms with Crippen LogP contribution in [0.3, 0.4) is 0 Å². The maximum atomic E-state index is 6.16. The lowest BCUT2D eigenvalue weighted by Crippen LogP contribution is -2.33. The summed E-state index contributed by atoms with van der Waals surface area (Å²) in [5, 5.41) is 4.68. The first-order chi connectivity index (χ1) is 13.7. The molecule has 156 valence electrons. The van der Waals surface area contributed by atoms with Crippen molar-refractivity contribution in [1.29, 1.82) is 0 Å². The molecule has 0 atom stereocenters. The highest BCUT2D eigenvalue weighted by Crippen LogP contribution is 2.42. The van der Waals surface area contributed by atoms with Gasteiger partial charge >= 0.3 is 0 Å². The second-order valence-electron chi connectivity index (χ2n) is 9.25. The standard InChI is InChI=1S/C22H31N5OS/c1-13(2)9-16-15-11-28-22(3,4)10-14(15)17-18-19(29-21(17)26-16)20(25-12-24-18)23-7-8-27(5)6/h12-13H,7-11H2,1-6H3,(H,23,24,25). The van der Waals surface area contributed by atoms with E-state index in [1.165, 1.54) is 22.2 Å². The van der Waals surface area contributed by atoms with Gasteiger partial charge in [-0.1, -0.05) is 13.8 Å². The van der Waals surface area contributed by atoms with Gasteiger partial charge in [-0.3, -0.25) is 0 Å². The highest BCUT2D eigenvalue weighted by molar-refractivity contribution is 7.26. The van der Waals surface area contributed by atoms with Crippen LogP contribution in [0.2, 0.25) is 0 Å². The second kappa shape index (κ2) is 7.78. The molecule has 1 N–H and O–H groups in total. The van der Waals surface area contributed by atoms with E-state index < -0.39 is 0 Å². The molecule has 4 heterocycles. The van der Waals surface area contributed by atoms with Crippen LogP contribution in [0.5, 0.6) is 0 Å². The maximum Gasteiger partial charge on any atom is 0.147 e. The van der Waals surface area contributed by atoms with E-state index in [9.17, 15) is 0 Å². The van der Waals surface area contributed by atoms with Crippen molar-refractivity contribution in [3.63, 3.8) is 0 Å². The Morgan fingerprint density at radius 3 is 2.76 bits per heavy atom. The molecule has 0 aromatic carbocycles. The van der Waals surface area contributed by atoms with Crippen molar-refractivity contribution in [3.05, 3.63) is 23.1 Å². The van der Waals surface area contributed by atoms with Crippen molar-refractivity contribution in [3.8, 4) is 0 Å². The van der Waals surface area contributed by atoms with Crippen LogP contribution in [0.1, 0.15) is 44.5 Å². The number of ether oxygens (including phenoxy) is 1. The summed E-state index contributed by atoms with van der Waals surface area (Å²) in [6.45, 7) is 11.3. The molecule has 0 spiro atoms. The highest BCUT2D eigenvalue weighted by Gasteiger charge is 2.31. The van der Waals surface area contributed by atoms with Gasteiger partial charge < -0.3 is 15.0 Å². The van der Waals surface area contributed by atoms with Crippen LogP contribution in [0.25, 0.3) is 20.4 Å². The van der Waals surface area contributed by atoms with E-state index in [0.29, 0.717) is 12.5 Å². The van der Waals surface area contributed by atoms with E-state index in [2.05, 4.69) is 62.0 Å². The summed E-state index contributed by atoms with van der Waals surface area (Å²) in [6, 6.07) is 0. The topological polar surface area (TPSA) is 63.2 Å². The Morgan fingerprint density at radius 2 is 2.03 bits per heavy atom. The molecule has 0 unspecified atom stereocenters. The molecule has 0 bridgehead atoms. The zero-order valence-electron chi connectivity index (χ0n) is 18.3. The minimum atomic E-state index is -0.176. The van der Waals surface area contributed by atoms with Crippen molar-refractivity contribution in [2.75, 3.05) is 32.5 Å². The van der Waals surface area contributed by atoms with Crippen LogP contribution >= 0.6 is 11.3 Å². The monoisotopic (exact) mass is 413 g/mol. The molecule has 0 aliphatic carbocycles. The van der Waals surface area contributed by atoms with E-state index >= 15 is 0 Å². The third-order valence-electron chi connectivity index (χ3n) is 5.37. The number of thiophene rings is 1. The molecular formula is C22H31N5OS. The Morgan fingerprint density at radius 1 is 1.24 bits per heavy atom. The van der Waals surface area contributed by atoms with Gasteiger partial charge in [0.25, 0.3) is 0 Å². The second-order valence-corrected chi connectivity index (χ2v) is 10.3. The molecule has 0 amide bonds. The Labute approximate surface area is 176 Å². The van der Waals surface area contributed by atoms with Crippen LogP contribution in [-0.4, -0.2) is 52.6 Å².